The fraction of sp³-hybridized carbons (Fsp3) is 0.929. The Hall–Kier alpha value is -0.610. The van der Waals surface area contributed by atoms with Crippen molar-refractivity contribution >= 4 is 5.91 Å². The van der Waals surface area contributed by atoms with Crippen LogP contribution in [0, 0.1) is 0 Å². The molecule has 2 fully saturated rings. The Bertz CT molecular complexity index is 304. The summed E-state index contributed by atoms with van der Waals surface area (Å²) < 4.78 is 6.01. The maximum atomic E-state index is 12.5. The molecular weight excluding hydrogens is 228 g/mol. The molecule has 0 saturated carbocycles. The number of piperidine rings is 1. The molecule has 4 nitrogen and oxygen atoms in total. The topological polar surface area (TPSA) is 41.6 Å². The molecule has 1 unspecified atom stereocenters. The number of nitrogens with zero attached hydrogens (tertiary/aromatic N) is 1. The van der Waals surface area contributed by atoms with E-state index in [1.165, 1.54) is 6.42 Å². The van der Waals surface area contributed by atoms with Gasteiger partial charge in [0.1, 0.15) is 0 Å². The van der Waals surface area contributed by atoms with Crippen LogP contribution < -0.4 is 5.32 Å². The highest BCUT2D eigenvalue weighted by atomic mass is 16.5. The van der Waals surface area contributed by atoms with E-state index in [1.54, 1.807) is 0 Å². The van der Waals surface area contributed by atoms with Crippen LogP contribution in [-0.2, 0) is 9.53 Å². The summed E-state index contributed by atoms with van der Waals surface area (Å²) in [6.45, 7) is 10.6. The zero-order valence-corrected chi connectivity index (χ0v) is 12.1. The first kappa shape index (κ1) is 13.8. The van der Waals surface area contributed by atoms with Gasteiger partial charge in [-0.3, -0.25) is 4.79 Å². The summed E-state index contributed by atoms with van der Waals surface area (Å²) in [4.78, 5) is 14.5. The zero-order chi connectivity index (χ0) is 13.4. The van der Waals surface area contributed by atoms with Gasteiger partial charge in [0, 0.05) is 13.1 Å². The number of hydrogen-bond donors (Lipinski definition) is 1. The quantitative estimate of drug-likeness (QED) is 0.772. The number of ether oxygens (including phenoxy) is 1. The largest absolute Gasteiger partial charge is 0.366 e. The summed E-state index contributed by atoms with van der Waals surface area (Å²) in [7, 11) is 0. The summed E-state index contributed by atoms with van der Waals surface area (Å²) in [6.07, 6.45) is 3.31. The third-order valence-electron chi connectivity index (χ3n) is 3.62. The van der Waals surface area contributed by atoms with E-state index in [4.69, 9.17) is 4.74 Å². The molecule has 1 amide bonds. The summed E-state index contributed by atoms with van der Waals surface area (Å²) in [5, 5.41) is 3.34. The third kappa shape index (κ3) is 3.23. The molecule has 104 valence electrons. The molecule has 0 aromatic carbocycles. The molecule has 0 radical (unpaired) electrons. The molecular formula is C14H26N2O2. The van der Waals surface area contributed by atoms with Gasteiger partial charge in [0.05, 0.1) is 17.2 Å². The van der Waals surface area contributed by atoms with E-state index in [0.29, 0.717) is 13.1 Å². The van der Waals surface area contributed by atoms with Crippen LogP contribution in [0.25, 0.3) is 0 Å². The Kier molecular flexibility index (Phi) is 3.70. The number of carbonyl (C=O) groups is 1. The molecule has 2 rings (SSSR count). The molecule has 1 N–H and O–H groups in total. The first-order chi connectivity index (χ1) is 8.29. The zero-order valence-electron chi connectivity index (χ0n) is 12.1. The van der Waals surface area contributed by atoms with Crippen LogP contribution in [0.5, 0.6) is 0 Å². The van der Waals surface area contributed by atoms with Gasteiger partial charge in [-0.25, -0.2) is 0 Å². The van der Waals surface area contributed by atoms with Crippen molar-refractivity contribution < 1.29 is 9.53 Å². The lowest BCUT2D eigenvalue weighted by Gasteiger charge is -2.48. The average molecular weight is 254 g/mol. The van der Waals surface area contributed by atoms with Gasteiger partial charge in [-0.05, 0) is 47.1 Å². The van der Waals surface area contributed by atoms with Crippen molar-refractivity contribution in [2.24, 2.45) is 0 Å². The molecule has 0 spiro atoms. The molecule has 0 aliphatic carbocycles. The van der Waals surface area contributed by atoms with Gasteiger partial charge in [0.2, 0.25) is 5.91 Å². The van der Waals surface area contributed by atoms with Gasteiger partial charge in [-0.15, -0.1) is 0 Å². The van der Waals surface area contributed by atoms with Crippen LogP contribution in [0.1, 0.15) is 47.0 Å². The Balaban J connectivity index is 2.05. The second kappa shape index (κ2) is 4.82. The molecule has 4 heteroatoms. The van der Waals surface area contributed by atoms with Gasteiger partial charge < -0.3 is 15.0 Å². The number of amides is 1. The Morgan fingerprint density at radius 3 is 2.28 bits per heavy atom. The van der Waals surface area contributed by atoms with E-state index in [1.807, 2.05) is 4.90 Å². The van der Waals surface area contributed by atoms with Crippen LogP contribution in [0.3, 0.4) is 0 Å². The summed E-state index contributed by atoms with van der Waals surface area (Å²) in [5.41, 5.74) is -0.516. The first-order valence-corrected chi connectivity index (χ1v) is 7.01. The Labute approximate surface area is 110 Å². The van der Waals surface area contributed by atoms with Crippen LogP contribution in [0.15, 0.2) is 0 Å². The van der Waals surface area contributed by atoms with Crippen LogP contribution >= 0.6 is 0 Å². The number of rotatable bonds is 1. The van der Waals surface area contributed by atoms with Crippen LogP contribution in [-0.4, -0.2) is 47.7 Å². The molecule has 2 aliphatic heterocycles. The molecule has 2 aliphatic rings. The molecule has 0 aromatic rings. The van der Waals surface area contributed by atoms with Crippen molar-refractivity contribution in [2.75, 3.05) is 19.6 Å². The second-order valence-electron chi connectivity index (χ2n) is 6.82. The maximum Gasteiger partial charge on any atom is 0.239 e. The minimum absolute atomic E-state index is 0.0171. The lowest BCUT2D eigenvalue weighted by molar-refractivity contribution is -0.189. The van der Waals surface area contributed by atoms with E-state index >= 15 is 0 Å². The molecule has 1 atom stereocenters. The summed E-state index contributed by atoms with van der Waals surface area (Å²) >= 11 is 0. The monoisotopic (exact) mass is 254 g/mol. The van der Waals surface area contributed by atoms with E-state index in [2.05, 4.69) is 33.0 Å². The van der Waals surface area contributed by atoms with Crippen molar-refractivity contribution in [3.63, 3.8) is 0 Å². The highest BCUT2D eigenvalue weighted by Crippen LogP contribution is 2.28. The smallest absolute Gasteiger partial charge is 0.239 e. The molecule has 2 saturated heterocycles. The third-order valence-corrected chi connectivity index (χ3v) is 3.62. The van der Waals surface area contributed by atoms with E-state index in [9.17, 15) is 4.79 Å². The fourth-order valence-corrected chi connectivity index (χ4v) is 3.23. The van der Waals surface area contributed by atoms with Crippen molar-refractivity contribution in [3.05, 3.63) is 0 Å². The lowest BCUT2D eigenvalue weighted by atomic mass is 9.96. The standard InChI is InChI=1S/C14H26N2O2/c1-13(2)9-16(10-14(3,4)18-13)12(17)11-7-5-6-8-15-11/h11,15H,5-10H2,1-4H3. The van der Waals surface area contributed by atoms with E-state index < -0.39 is 0 Å². The SMILES string of the molecule is CC1(C)CN(C(=O)C2CCCCN2)CC(C)(C)O1. The van der Waals surface area contributed by atoms with Gasteiger partial charge in [-0.2, -0.15) is 0 Å². The fourth-order valence-electron chi connectivity index (χ4n) is 3.23. The predicted octanol–water partition coefficient (Wildman–Crippen LogP) is 1.54. The summed E-state index contributed by atoms with van der Waals surface area (Å²) in [6, 6.07) is 0.0171. The van der Waals surface area contributed by atoms with Gasteiger partial charge in [0.15, 0.2) is 0 Å². The first-order valence-electron chi connectivity index (χ1n) is 7.01. The second-order valence-corrected chi connectivity index (χ2v) is 6.82. The minimum Gasteiger partial charge on any atom is -0.366 e. The van der Waals surface area contributed by atoms with Gasteiger partial charge in [0.25, 0.3) is 0 Å². The van der Waals surface area contributed by atoms with Crippen molar-refractivity contribution in [3.8, 4) is 0 Å². The van der Waals surface area contributed by atoms with Crippen molar-refractivity contribution in [1.82, 2.24) is 10.2 Å². The maximum absolute atomic E-state index is 12.5. The lowest BCUT2D eigenvalue weighted by Crippen LogP contribution is -2.61. The highest BCUT2D eigenvalue weighted by molar-refractivity contribution is 5.82. The van der Waals surface area contributed by atoms with E-state index in [0.717, 1.165) is 19.4 Å². The van der Waals surface area contributed by atoms with Crippen LogP contribution in [0.2, 0.25) is 0 Å². The van der Waals surface area contributed by atoms with Crippen molar-refractivity contribution in [2.45, 2.75) is 64.2 Å². The Morgan fingerprint density at radius 1 is 1.17 bits per heavy atom. The molecule has 18 heavy (non-hydrogen) atoms. The average Bonchev–Trinajstić information content (AvgIpc) is 2.25. The number of hydrogen-bond acceptors (Lipinski definition) is 3. The molecule has 2 heterocycles. The number of nitrogens with one attached hydrogen (secondary N) is 1. The molecule has 0 aromatic heterocycles. The normalized spacial score (nSPS) is 31.1. The Morgan fingerprint density at radius 2 is 1.78 bits per heavy atom. The van der Waals surface area contributed by atoms with Crippen molar-refractivity contribution in [1.29, 1.82) is 0 Å². The minimum atomic E-state index is -0.258. The molecule has 0 bridgehead atoms. The number of morpholine rings is 1. The van der Waals surface area contributed by atoms with Gasteiger partial charge >= 0.3 is 0 Å². The van der Waals surface area contributed by atoms with Crippen LogP contribution in [0.4, 0.5) is 0 Å². The van der Waals surface area contributed by atoms with E-state index in [-0.39, 0.29) is 23.2 Å². The summed E-state index contributed by atoms with van der Waals surface area (Å²) in [5.74, 6) is 0.249. The number of carbonyl (C=O) groups excluding carboxylic acids is 1. The predicted molar refractivity (Wildman–Crippen MR) is 71.5 cm³/mol. The van der Waals surface area contributed by atoms with Gasteiger partial charge in [-0.1, -0.05) is 6.42 Å². The highest BCUT2D eigenvalue weighted by Gasteiger charge is 2.41.